The summed E-state index contributed by atoms with van der Waals surface area (Å²) in [4.78, 5) is 26.1. The lowest BCUT2D eigenvalue weighted by Gasteiger charge is -2.32. The highest BCUT2D eigenvalue weighted by molar-refractivity contribution is 5.81. The maximum atomic E-state index is 12.4. The van der Waals surface area contributed by atoms with Crippen molar-refractivity contribution in [1.82, 2.24) is 0 Å². The summed E-state index contributed by atoms with van der Waals surface area (Å²) in [5.74, 6) is -2.37. The molecule has 1 aromatic rings. The largest absolute Gasteiger partial charge is 0.481 e. The minimum absolute atomic E-state index is 0.0169. The highest BCUT2D eigenvalue weighted by atomic mass is 16.5. The molecule has 0 spiro atoms. The van der Waals surface area contributed by atoms with Gasteiger partial charge in [-0.2, -0.15) is 0 Å². The SMILES string of the molecule is CCN(CCOC(=O)C1CCCC(C)C1C(=O)O)c1cccc(C)c1. The Morgan fingerprint density at radius 1 is 1.32 bits per heavy atom. The van der Waals surface area contributed by atoms with E-state index in [1.165, 1.54) is 5.56 Å². The third-order valence-electron chi connectivity index (χ3n) is 5.16. The van der Waals surface area contributed by atoms with Gasteiger partial charge in [-0.25, -0.2) is 0 Å². The quantitative estimate of drug-likeness (QED) is 0.765. The lowest BCUT2D eigenvalue weighted by atomic mass is 9.73. The molecule has 0 saturated heterocycles. The van der Waals surface area contributed by atoms with E-state index in [2.05, 4.69) is 17.9 Å². The van der Waals surface area contributed by atoms with Crippen LogP contribution in [-0.4, -0.2) is 36.7 Å². The van der Waals surface area contributed by atoms with Crippen molar-refractivity contribution in [3.05, 3.63) is 29.8 Å². The van der Waals surface area contributed by atoms with Gasteiger partial charge in [-0.1, -0.05) is 25.5 Å². The number of aliphatic carboxylic acids is 1. The van der Waals surface area contributed by atoms with Gasteiger partial charge < -0.3 is 14.7 Å². The first-order valence-corrected chi connectivity index (χ1v) is 9.15. The van der Waals surface area contributed by atoms with Crippen LogP contribution in [0.4, 0.5) is 5.69 Å². The maximum Gasteiger partial charge on any atom is 0.309 e. The predicted octanol–water partition coefficient (Wildman–Crippen LogP) is 3.50. The lowest BCUT2D eigenvalue weighted by Crippen LogP contribution is -2.39. The molecule has 0 bridgehead atoms. The summed E-state index contributed by atoms with van der Waals surface area (Å²) in [6.07, 6.45) is 2.35. The number of carboxylic acids is 1. The smallest absolute Gasteiger partial charge is 0.309 e. The molecule has 138 valence electrons. The highest BCUT2D eigenvalue weighted by Crippen LogP contribution is 2.35. The molecule has 1 aliphatic carbocycles. The summed E-state index contributed by atoms with van der Waals surface area (Å²) in [5, 5.41) is 9.44. The fourth-order valence-corrected chi connectivity index (χ4v) is 3.75. The van der Waals surface area contributed by atoms with E-state index in [1.54, 1.807) is 0 Å². The summed E-state index contributed by atoms with van der Waals surface area (Å²) >= 11 is 0. The van der Waals surface area contributed by atoms with Crippen molar-refractivity contribution < 1.29 is 19.4 Å². The monoisotopic (exact) mass is 347 g/mol. The Hall–Kier alpha value is -2.04. The van der Waals surface area contributed by atoms with Gasteiger partial charge >= 0.3 is 11.9 Å². The minimum atomic E-state index is -0.885. The molecule has 0 aliphatic heterocycles. The Morgan fingerprint density at radius 3 is 2.72 bits per heavy atom. The van der Waals surface area contributed by atoms with E-state index in [9.17, 15) is 14.7 Å². The highest BCUT2D eigenvalue weighted by Gasteiger charge is 2.41. The number of anilines is 1. The topological polar surface area (TPSA) is 66.8 Å². The second kappa shape index (κ2) is 8.88. The van der Waals surface area contributed by atoms with E-state index in [-0.39, 0.29) is 18.5 Å². The molecule has 3 atom stereocenters. The molecule has 3 unspecified atom stereocenters. The first-order valence-electron chi connectivity index (χ1n) is 9.15. The Labute approximate surface area is 150 Å². The van der Waals surface area contributed by atoms with Crippen LogP contribution in [-0.2, 0) is 14.3 Å². The molecule has 0 radical (unpaired) electrons. The van der Waals surface area contributed by atoms with E-state index >= 15 is 0 Å². The van der Waals surface area contributed by atoms with Crippen molar-refractivity contribution in [2.45, 2.75) is 40.0 Å². The number of carbonyl (C=O) groups is 2. The maximum absolute atomic E-state index is 12.4. The summed E-state index contributed by atoms with van der Waals surface area (Å²) in [5.41, 5.74) is 2.29. The zero-order valence-electron chi connectivity index (χ0n) is 15.4. The van der Waals surface area contributed by atoms with Gasteiger partial charge in [0.2, 0.25) is 0 Å². The molecular formula is C20H29NO4. The van der Waals surface area contributed by atoms with Gasteiger partial charge in [-0.05, 0) is 50.3 Å². The van der Waals surface area contributed by atoms with Gasteiger partial charge in [-0.3, -0.25) is 9.59 Å². The number of carboxylic acid groups (broad SMARTS) is 1. The van der Waals surface area contributed by atoms with E-state index in [1.807, 2.05) is 32.0 Å². The van der Waals surface area contributed by atoms with Crippen LogP contribution in [0, 0.1) is 24.7 Å². The Kier molecular flexibility index (Phi) is 6.85. The number of likely N-dealkylation sites (N-methyl/N-ethyl adjacent to an activating group) is 1. The fraction of sp³-hybridized carbons (Fsp3) is 0.600. The standard InChI is InChI=1S/C20H29NO4/c1-4-21(16-9-5-7-14(2)13-16)11-12-25-20(24)17-10-6-8-15(3)18(17)19(22)23/h5,7,9,13,15,17-18H,4,6,8,10-12H2,1-3H3,(H,22,23). The van der Waals surface area contributed by atoms with E-state index < -0.39 is 17.8 Å². The molecule has 0 aromatic heterocycles. The lowest BCUT2D eigenvalue weighted by molar-refractivity contribution is -0.161. The van der Waals surface area contributed by atoms with Crippen LogP contribution >= 0.6 is 0 Å². The number of hydrogen-bond acceptors (Lipinski definition) is 4. The van der Waals surface area contributed by atoms with E-state index in [4.69, 9.17) is 4.74 Å². The van der Waals surface area contributed by atoms with Crippen LogP contribution in [0.1, 0.15) is 38.7 Å². The second-order valence-corrected chi connectivity index (χ2v) is 6.96. The molecule has 0 amide bonds. The third-order valence-corrected chi connectivity index (χ3v) is 5.16. The first-order chi connectivity index (χ1) is 11.9. The predicted molar refractivity (Wildman–Crippen MR) is 97.7 cm³/mol. The van der Waals surface area contributed by atoms with E-state index in [0.717, 1.165) is 25.1 Å². The summed E-state index contributed by atoms with van der Waals surface area (Å²) in [7, 11) is 0. The third kappa shape index (κ3) is 4.97. The number of rotatable bonds is 7. The van der Waals surface area contributed by atoms with Gasteiger partial charge in [0.15, 0.2) is 0 Å². The number of esters is 1. The zero-order valence-corrected chi connectivity index (χ0v) is 15.4. The molecule has 25 heavy (non-hydrogen) atoms. The van der Waals surface area contributed by atoms with Crippen LogP contribution < -0.4 is 4.90 Å². The molecular weight excluding hydrogens is 318 g/mol. The van der Waals surface area contributed by atoms with Crippen LogP contribution in [0.5, 0.6) is 0 Å². The summed E-state index contributed by atoms with van der Waals surface area (Å²) < 4.78 is 5.45. The summed E-state index contributed by atoms with van der Waals surface area (Å²) in [6.45, 7) is 7.72. The van der Waals surface area contributed by atoms with Crippen molar-refractivity contribution in [1.29, 1.82) is 0 Å². The molecule has 0 heterocycles. The normalized spacial score (nSPS) is 23.1. The molecule has 1 N–H and O–H groups in total. The van der Waals surface area contributed by atoms with Crippen LogP contribution in [0.2, 0.25) is 0 Å². The van der Waals surface area contributed by atoms with Gasteiger partial charge in [0.05, 0.1) is 18.4 Å². The van der Waals surface area contributed by atoms with Crippen molar-refractivity contribution in [2.75, 3.05) is 24.6 Å². The Morgan fingerprint density at radius 2 is 2.08 bits per heavy atom. The number of carbonyl (C=O) groups excluding carboxylic acids is 1. The van der Waals surface area contributed by atoms with Crippen molar-refractivity contribution >= 4 is 17.6 Å². The van der Waals surface area contributed by atoms with E-state index in [0.29, 0.717) is 13.0 Å². The Balaban J connectivity index is 1.91. The zero-order chi connectivity index (χ0) is 18.4. The number of nitrogens with zero attached hydrogens (tertiary/aromatic N) is 1. The second-order valence-electron chi connectivity index (χ2n) is 6.96. The van der Waals surface area contributed by atoms with Gasteiger partial charge in [0.1, 0.15) is 6.61 Å². The van der Waals surface area contributed by atoms with Gasteiger partial charge in [0, 0.05) is 12.2 Å². The fourth-order valence-electron chi connectivity index (χ4n) is 3.75. The molecule has 1 fully saturated rings. The number of ether oxygens (including phenoxy) is 1. The molecule has 5 heteroatoms. The molecule has 1 saturated carbocycles. The molecule has 1 aliphatic rings. The van der Waals surface area contributed by atoms with Gasteiger partial charge in [-0.15, -0.1) is 0 Å². The molecule has 1 aromatic carbocycles. The van der Waals surface area contributed by atoms with Crippen molar-refractivity contribution in [3.8, 4) is 0 Å². The first kappa shape index (κ1) is 19.3. The minimum Gasteiger partial charge on any atom is -0.481 e. The van der Waals surface area contributed by atoms with Crippen molar-refractivity contribution in [2.24, 2.45) is 17.8 Å². The van der Waals surface area contributed by atoms with Crippen LogP contribution in [0.25, 0.3) is 0 Å². The average molecular weight is 347 g/mol. The van der Waals surface area contributed by atoms with Gasteiger partial charge in [0.25, 0.3) is 0 Å². The number of aryl methyl sites for hydroxylation is 1. The number of hydrogen-bond donors (Lipinski definition) is 1. The van der Waals surface area contributed by atoms with Crippen LogP contribution in [0.15, 0.2) is 24.3 Å². The van der Waals surface area contributed by atoms with Crippen LogP contribution in [0.3, 0.4) is 0 Å². The van der Waals surface area contributed by atoms with Crippen molar-refractivity contribution in [3.63, 3.8) is 0 Å². The number of benzene rings is 1. The molecule has 2 rings (SSSR count). The Bertz CT molecular complexity index is 601. The average Bonchev–Trinajstić information content (AvgIpc) is 2.58. The molecule has 5 nitrogen and oxygen atoms in total. The summed E-state index contributed by atoms with van der Waals surface area (Å²) in [6, 6.07) is 8.21.